The summed E-state index contributed by atoms with van der Waals surface area (Å²) >= 11 is 0. The van der Waals surface area contributed by atoms with E-state index >= 15 is 0 Å². The maximum Gasteiger partial charge on any atom is 0.125 e. The van der Waals surface area contributed by atoms with Crippen molar-refractivity contribution in [2.75, 3.05) is 6.54 Å². The van der Waals surface area contributed by atoms with E-state index in [4.69, 9.17) is 0 Å². The Morgan fingerprint density at radius 2 is 2.09 bits per heavy atom. The van der Waals surface area contributed by atoms with Gasteiger partial charge in [0.2, 0.25) is 0 Å². The van der Waals surface area contributed by atoms with Gasteiger partial charge >= 0.3 is 0 Å². The van der Waals surface area contributed by atoms with Crippen LogP contribution in [0.3, 0.4) is 0 Å². The van der Waals surface area contributed by atoms with Crippen LogP contribution in [0.1, 0.15) is 34.1 Å². The van der Waals surface area contributed by atoms with E-state index < -0.39 is 0 Å². The van der Waals surface area contributed by atoms with Gasteiger partial charge in [-0.25, -0.2) is 4.99 Å². The zero-order valence-electron chi connectivity index (χ0n) is 7.96. The fraction of sp³-hybridized carbons (Fsp3) is 0.778. The van der Waals surface area contributed by atoms with Crippen LogP contribution in [0, 0.1) is 5.92 Å². The van der Waals surface area contributed by atoms with Crippen LogP contribution in [0.5, 0.6) is 0 Å². The van der Waals surface area contributed by atoms with E-state index in [1.165, 1.54) is 0 Å². The smallest absolute Gasteiger partial charge is 0.125 e. The molecule has 0 radical (unpaired) electrons. The lowest BCUT2D eigenvalue weighted by Gasteiger charge is -2.02. The van der Waals surface area contributed by atoms with E-state index in [1.807, 2.05) is 6.92 Å². The minimum Gasteiger partial charge on any atom is -0.270 e. The minimum absolute atomic E-state index is 0.442. The van der Waals surface area contributed by atoms with Crippen LogP contribution < -0.4 is 0 Å². The second-order valence-corrected chi connectivity index (χ2v) is 2.78. The Balaban J connectivity index is 4.08. The Bertz CT molecular complexity index is 146. The molecule has 0 bridgehead atoms. The third-order valence-electron chi connectivity index (χ3n) is 1.28. The largest absolute Gasteiger partial charge is 0.270 e. The molecule has 0 saturated carbocycles. The molecule has 11 heavy (non-hydrogen) atoms. The molecule has 0 aliphatic rings. The summed E-state index contributed by atoms with van der Waals surface area (Å²) in [5, 5.41) is 0. The Morgan fingerprint density at radius 1 is 1.45 bits per heavy atom. The molecule has 0 aliphatic heterocycles. The Morgan fingerprint density at radius 3 is 2.45 bits per heavy atom. The standard InChI is InChI=1S/C9H18N2/c1-5-7-11-9(8(3)4)10-6-2/h6,8H,5,7H2,1-4H3/b10-6-,11-9-. The number of nitrogens with zero attached hydrogens (tertiary/aromatic N) is 2. The van der Waals surface area contributed by atoms with Crippen molar-refractivity contribution in [1.29, 1.82) is 0 Å². The van der Waals surface area contributed by atoms with Crippen molar-refractivity contribution in [2.45, 2.75) is 34.1 Å². The maximum absolute atomic E-state index is 4.35. The van der Waals surface area contributed by atoms with Crippen molar-refractivity contribution >= 4 is 12.1 Å². The molecule has 0 unspecified atom stereocenters. The molecule has 0 N–H and O–H groups in total. The highest BCUT2D eigenvalue weighted by molar-refractivity contribution is 5.90. The summed E-state index contributed by atoms with van der Waals surface area (Å²) in [5.74, 6) is 1.41. The molecule has 0 rings (SSSR count). The molecule has 0 aromatic carbocycles. The quantitative estimate of drug-likeness (QED) is 0.441. The molecule has 64 valence electrons. The first-order valence-corrected chi connectivity index (χ1v) is 4.25. The second-order valence-electron chi connectivity index (χ2n) is 2.78. The molecule has 0 aliphatic carbocycles. The van der Waals surface area contributed by atoms with Gasteiger partial charge in [-0.2, -0.15) is 0 Å². The average Bonchev–Trinajstić information content (AvgIpc) is 1.97. The molecule has 0 fully saturated rings. The molecule has 0 spiro atoms. The van der Waals surface area contributed by atoms with E-state index in [0.717, 1.165) is 18.8 Å². The van der Waals surface area contributed by atoms with Gasteiger partial charge in [0.15, 0.2) is 0 Å². The first-order chi connectivity index (χ1) is 5.22. The number of rotatable bonds is 3. The van der Waals surface area contributed by atoms with Crippen LogP contribution in [0.2, 0.25) is 0 Å². The summed E-state index contributed by atoms with van der Waals surface area (Å²) in [6, 6.07) is 0. The second kappa shape index (κ2) is 6.08. The van der Waals surface area contributed by atoms with Crippen LogP contribution >= 0.6 is 0 Å². The summed E-state index contributed by atoms with van der Waals surface area (Å²) in [6.45, 7) is 9.16. The topological polar surface area (TPSA) is 24.7 Å². The van der Waals surface area contributed by atoms with Gasteiger partial charge < -0.3 is 0 Å². The summed E-state index contributed by atoms with van der Waals surface area (Å²) in [6.07, 6.45) is 2.89. The highest BCUT2D eigenvalue weighted by Gasteiger charge is 1.99. The van der Waals surface area contributed by atoms with Crippen LogP contribution in [0.25, 0.3) is 0 Å². The Labute approximate surface area is 69.4 Å². The fourth-order valence-electron chi connectivity index (χ4n) is 0.731. The SMILES string of the molecule is C/C=N\C(=N/CCC)C(C)C. The maximum atomic E-state index is 4.35. The van der Waals surface area contributed by atoms with Gasteiger partial charge in [-0.1, -0.05) is 20.8 Å². The van der Waals surface area contributed by atoms with Gasteiger partial charge in [0, 0.05) is 18.7 Å². The first kappa shape index (κ1) is 10.3. The number of aliphatic imine (C=N–C) groups is 2. The van der Waals surface area contributed by atoms with Gasteiger partial charge in [-0.15, -0.1) is 0 Å². The zero-order chi connectivity index (χ0) is 8.69. The number of amidine groups is 1. The van der Waals surface area contributed by atoms with Gasteiger partial charge in [0.25, 0.3) is 0 Å². The first-order valence-electron chi connectivity index (χ1n) is 4.25. The third-order valence-corrected chi connectivity index (χ3v) is 1.28. The van der Waals surface area contributed by atoms with E-state index in [-0.39, 0.29) is 0 Å². The monoisotopic (exact) mass is 154 g/mol. The predicted octanol–water partition coefficient (Wildman–Crippen LogP) is 2.54. The van der Waals surface area contributed by atoms with E-state index in [9.17, 15) is 0 Å². The van der Waals surface area contributed by atoms with Crippen LogP contribution in [-0.2, 0) is 0 Å². The minimum atomic E-state index is 0.442. The molecule has 2 heteroatoms. The summed E-state index contributed by atoms with van der Waals surface area (Å²) in [4.78, 5) is 8.54. The molecule has 0 atom stereocenters. The molecule has 2 nitrogen and oxygen atoms in total. The molecule has 0 heterocycles. The lowest BCUT2D eigenvalue weighted by molar-refractivity contribution is 0.842. The molecular weight excluding hydrogens is 136 g/mol. The van der Waals surface area contributed by atoms with Crippen molar-refractivity contribution in [1.82, 2.24) is 0 Å². The van der Waals surface area contributed by atoms with E-state index in [1.54, 1.807) is 6.21 Å². The van der Waals surface area contributed by atoms with Crippen molar-refractivity contribution in [3.8, 4) is 0 Å². The van der Waals surface area contributed by atoms with Gasteiger partial charge in [0.05, 0.1) is 0 Å². The molecule has 0 aromatic rings. The number of hydrogen-bond donors (Lipinski definition) is 0. The lowest BCUT2D eigenvalue weighted by atomic mass is 10.2. The average molecular weight is 154 g/mol. The Hall–Kier alpha value is -0.660. The number of hydrogen-bond acceptors (Lipinski definition) is 1. The van der Waals surface area contributed by atoms with Gasteiger partial charge in [-0.3, -0.25) is 4.99 Å². The zero-order valence-corrected chi connectivity index (χ0v) is 7.96. The highest BCUT2D eigenvalue weighted by Crippen LogP contribution is 1.98. The van der Waals surface area contributed by atoms with Gasteiger partial charge in [0.1, 0.15) is 5.84 Å². The summed E-state index contributed by atoms with van der Waals surface area (Å²) in [7, 11) is 0. The fourth-order valence-corrected chi connectivity index (χ4v) is 0.731. The molecular formula is C9H18N2. The van der Waals surface area contributed by atoms with Crippen molar-refractivity contribution in [2.24, 2.45) is 15.9 Å². The summed E-state index contributed by atoms with van der Waals surface area (Å²) < 4.78 is 0. The van der Waals surface area contributed by atoms with Crippen LogP contribution in [0.4, 0.5) is 0 Å². The van der Waals surface area contributed by atoms with E-state index in [0.29, 0.717) is 5.92 Å². The lowest BCUT2D eigenvalue weighted by Crippen LogP contribution is -2.05. The van der Waals surface area contributed by atoms with Gasteiger partial charge in [-0.05, 0) is 13.3 Å². The van der Waals surface area contributed by atoms with Crippen molar-refractivity contribution in [3.05, 3.63) is 0 Å². The molecule has 0 saturated heterocycles. The van der Waals surface area contributed by atoms with Crippen molar-refractivity contribution in [3.63, 3.8) is 0 Å². The van der Waals surface area contributed by atoms with Crippen molar-refractivity contribution < 1.29 is 0 Å². The highest BCUT2D eigenvalue weighted by atomic mass is 14.9. The van der Waals surface area contributed by atoms with E-state index in [2.05, 4.69) is 30.8 Å². The molecule has 0 aromatic heterocycles. The molecule has 0 amide bonds. The van der Waals surface area contributed by atoms with Crippen LogP contribution in [0.15, 0.2) is 9.98 Å². The summed E-state index contributed by atoms with van der Waals surface area (Å²) in [5.41, 5.74) is 0. The third kappa shape index (κ3) is 4.71. The van der Waals surface area contributed by atoms with Crippen LogP contribution in [-0.4, -0.2) is 18.6 Å². The normalized spacial score (nSPS) is 13.4. The predicted molar refractivity (Wildman–Crippen MR) is 51.6 cm³/mol. The Kier molecular flexibility index (Phi) is 5.71.